The van der Waals surface area contributed by atoms with E-state index in [0.29, 0.717) is 12.1 Å². The van der Waals surface area contributed by atoms with E-state index in [2.05, 4.69) is 57.3 Å². The molecule has 15 heavy (non-hydrogen) atoms. The molecule has 0 fully saturated rings. The second-order valence-electron chi connectivity index (χ2n) is 4.35. The number of rotatable bonds is 5. The molecule has 0 radical (unpaired) electrons. The number of nitrogens with one attached hydrogen (secondary N) is 1. The molecular weight excluding hydrogens is 182 g/mol. The highest BCUT2D eigenvalue weighted by Crippen LogP contribution is 2.18. The molecule has 0 aliphatic carbocycles. The first-order chi connectivity index (χ1) is 7.17. The summed E-state index contributed by atoms with van der Waals surface area (Å²) in [6.45, 7) is 8.84. The SMILES string of the molecule is CC[C@@H](C)N[C@@H](CC)c1ccc(C)cc1. The van der Waals surface area contributed by atoms with Crippen molar-refractivity contribution in [3.63, 3.8) is 0 Å². The van der Waals surface area contributed by atoms with Gasteiger partial charge in [-0.2, -0.15) is 0 Å². The third-order valence-corrected chi connectivity index (χ3v) is 2.99. The van der Waals surface area contributed by atoms with Gasteiger partial charge in [-0.15, -0.1) is 0 Å². The zero-order valence-electron chi connectivity index (χ0n) is 10.4. The molecule has 0 aliphatic rings. The molecule has 0 bridgehead atoms. The second kappa shape index (κ2) is 5.92. The van der Waals surface area contributed by atoms with Crippen molar-refractivity contribution in [3.05, 3.63) is 35.4 Å². The van der Waals surface area contributed by atoms with Gasteiger partial charge in [-0.3, -0.25) is 0 Å². The molecule has 0 spiro atoms. The third kappa shape index (κ3) is 3.67. The zero-order chi connectivity index (χ0) is 11.3. The Hall–Kier alpha value is -0.820. The van der Waals surface area contributed by atoms with Crippen molar-refractivity contribution >= 4 is 0 Å². The highest BCUT2D eigenvalue weighted by Gasteiger charge is 2.10. The maximum absolute atomic E-state index is 3.65. The van der Waals surface area contributed by atoms with Gasteiger partial charge < -0.3 is 5.32 Å². The number of hydrogen-bond acceptors (Lipinski definition) is 1. The van der Waals surface area contributed by atoms with E-state index in [4.69, 9.17) is 0 Å². The Balaban J connectivity index is 2.69. The van der Waals surface area contributed by atoms with Crippen LogP contribution in [0.5, 0.6) is 0 Å². The molecule has 0 saturated heterocycles. The van der Waals surface area contributed by atoms with Crippen molar-refractivity contribution in [2.24, 2.45) is 0 Å². The monoisotopic (exact) mass is 205 g/mol. The predicted octanol–water partition coefficient (Wildman–Crippen LogP) is 3.83. The molecule has 0 amide bonds. The van der Waals surface area contributed by atoms with Crippen LogP contribution < -0.4 is 5.32 Å². The van der Waals surface area contributed by atoms with Crippen LogP contribution in [0, 0.1) is 6.92 Å². The van der Waals surface area contributed by atoms with Crippen LogP contribution in [0.1, 0.15) is 50.8 Å². The summed E-state index contributed by atoms with van der Waals surface area (Å²) in [6, 6.07) is 9.95. The molecule has 0 heterocycles. The number of benzene rings is 1. The molecule has 0 aliphatic heterocycles. The van der Waals surface area contributed by atoms with Gasteiger partial charge in [0.1, 0.15) is 0 Å². The third-order valence-electron chi connectivity index (χ3n) is 2.99. The van der Waals surface area contributed by atoms with Gasteiger partial charge in [0.15, 0.2) is 0 Å². The molecule has 1 rings (SSSR count). The molecule has 1 nitrogen and oxygen atoms in total. The minimum Gasteiger partial charge on any atom is -0.307 e. The minimum absolute atomic E-state index is 0.501. The lowest BCUT2D eigenvalue weighted by molar-refractivity contribution is 0.437. The number of hydrogen-bond donors (Lipinski definition) is 1. The summed E-state index contributed by atoms with van der Waals surface area (Å²) in [5, 5.41) is 3.65. The first-order valence-electron chi connectivity index (χ1n) is 6.00. The standard InChI is InChI=1S/C14H23N/c1-5-12(4)15-14(6-2)13-9-7-11(3)8-10-13/h7-10,12,14-15H,5-6H2,1-4H3/t12-,14+/m1/s1. The van der Waals surface area contributed by atoms with Crippen molar-refractivity contribution in [1.82, 2.24) is 5.32 Å². The van der Waals surface area contributed by atoms with Crippen LogP contribution in [0.3, 0.4) is 0 Å². The minimum atomic E-state index is 0.501. The Morgan fingerprint density at radius 1 is 1.07 bits per heavy atom. The van der Waals surface area contributed by atoms with Crippen molar-refractivity contribution in [3.8, 4) is 0 Å². The van der Waals surface area contributed by atoms with Gasteiger partial charge in [0, 0.05) is 12.1 Å². The van der Waals surface area contributed by atoms with Gasteiger partial charge in [0.05, 0.1) is 0 Å². The van der Waals surface area contributed by atoms with E-state index >= 15 is 0 Å². The second-order valence-corrected chi connectivity index (χ2v) is 4.35. The van der Waals surface area contributed by atoms with E-state index < -0.39 is 0 Å². The van der Waals surface area contributed by atoms with Crippen molar-refractivity contribution < 1.29 is 0 Å². The average molecular weight is 205 g/mol. The van der Waals surface area contributed by atoms with Crippen LogP contribution in [0.4, 0.5) is 0 Å². The van der Waals surface area contributed by atoms with E-state index in [1.807, 2.05) is 0 Å². The van der Waals surface area contributed by atoms with E-state index in [9.17, 15) is 0 Å². The molecule has 0 aromatic heterocycles. The maximum Gasteiger partial charge on any atom is 0.0319 e. The molecule has 0 saturated carbocycles. The van der Waals surface area contributed by atoms with Gasteiger partial charge in [-0.1, -0.05) is 43.7 Å². The summed E-state index contributed by atoms with van der Waals surface area (Å²) in [6.07, 6.45) is 2.33. The van der Waals surface area contributed by atoms with Gasteiger partial charge in [-0.05, 0) is 32.3 Å². The van der Waals surface area contributed by atoms with Gasteiger partial charge >= 0.3 is 0 Å². The highest BCUT2D eigenvalue weighted by molar-refractivity contribution is 5.24. The molecule has 0 unspecified atom stereocenters. The topological polar surface area (TPSA) is 12.0 Å². The smallest absolute Gasteiger partial charge is 0.0319 e. The summed E-state index contributed by atoms with van der Waals surface area (Å²) in [7, 11) is 0. The Kier molecular flexibility index (Phi) is 4.83. The molecule has 84 valence electrons. The Labute approximate surface area is 93.9 Å². The van der Waals surface area contributed by atoms with Crippen LogP contribution >= 0.6 is 0 Å². The fraction of sp³-hybridized carbons (Fsp3) is 0.571. The van der Waals surface area contributed by atoms with Crippen LogP contribution in [0.2, 0.25) is 0 Å². The normalized spacial score (nSPS) is 14.9. The van der Waals surface area contributed by atoms with Crippen LogP contribution in [0.25, 0.3) is 0 Å². The van der Waals surface area contributed by atoms with Gasteiger partial charge in [0.25, 0.3) is 0 Å². The summed E-state index contributed by atoms with van der Waals surface area (Å²) in [4.78, 5) is 0. The lowest BCUT2D eigenvalue weighted by atomic mass is 10.0. The molecule has 1 aromatic rings. The average Bonchev–Trinajstić information content (AvgIpc) is 2.27. The van der Waals surface area contributed by atoms with Crippen LogP contribution in [0.15, 0.2) is 24.3 Å². The summed E-state index contributed by atoms with van der Waals surface area (Å²) in [5.74, 6) is 0. The van der Waals surface area contributed by atoms with E-state index in [-0.39, 0.29) is 0 Å². The Morgan fingerprint density at radius 2 is 1.67 bits per heavy atom. The first kappa shape index (κ1) is 12.3. The van der Waals surface area contributed by atoms with E-state index in [0.717, 1.165) is 6.42 Å². The quantitative estimate of drug-likeness (QED) is 0.770. The zero-order valence-corrected chi connectivity index (χ0v) is 10.4. The summed E-state index contributed by atoms with van der Waals surface area (Å²) < 4.78 is 0. The Bertz CT molecular complexity index is 276. The molecular formula is C14H23N. The Morgan fingerprint density at radius 3 is 2.13 bits per heavy atom. The van der Waals surface area contributed by atoms with Crippen molar-refractivity contribution in [1.29, 1.82) is 0 Å². The lowest BCUT2D eigenvalue weighted by Crippen LogP contribution is -2.29. The number of aryl methyl sites for hydroxylation is 1. The molecule has 1 N–H and O–H groups in total. The molecule has 2 atom stereocenters. The largest absolute Gasteiger partial charge is 0.307 e. The van der Waals surface area contributed by atoms with Crippen molar-refractivity contribution in [2.75, 3.05) is 0 Å². The van der Waals surface area contributed by atoms with Crippen LogP contribution in [-0.2, 0) is 0 Å². The van der Waals surface area contributed by atoms with Crippen LogP contribution in [-0.4, -0.2) is 6.04 Å². The van der Waals surface area contributed by atoms with Crippen molar-refractivity contribution in [2.45, 2.75) is 52.6 Å². The van der Waals surface area contributed by atoms with E-state index in [1.165, 1.54) is 17.5 Å². The fourth-order valence-electron chi connectivity index (χ4n) is 1.71. The lowest BCUT2D eigenvalue weighted by Gasteiger charge is -2.22. The highest BCUT2D eigenvalue weighted by atomic mass is 14.9. The first-order valence-corrected chi connectivity index (χ1v) is 6.00. The molecule has 1 aromatic carbocycles. The summed E-state index contributed by atoms with van der Waals surface area (Å²) >= 11 is 0. The van der Waals surface area contributed by atoms with Gasteiger partial charge in [-0.25, -0.2) is 0 Å². The fourth-order valence-corrected chi connectivity index (χ4v) is 1.71. The summed E-state index contributed by atoms with van der Waals surface area (Å²) in [5.41, 5.74) is 2.74. The van der Waals surface area contributed by atoms with E-state index in [1.54, 1.807) is 0 Å². The van der Waals surface area contributed by atoms with Gasteiger partial charge in [0.2, 0.25) is 0 Å². The predicted molar refractivity (Wildman–Crippen MR) is 67.1 cm³/mol. The maximum atomic E-state index is 3.65. The molecule has 1 heteroatoms.